The SMILES string of the molecule is Cc1nnsc1C(=O)N1CC[C@@H](c2noc(-c3ccccc3)n2)C1. The minimum Gasteiger partial charge on any atom is -0.337 e. The van der Waals surface area contributed by atoms with Crippen LogP contribution in [0.5, 0.6) is 0 Å². The first-order chi connectivity index (χ1) is 11.7. The summed E-state index contributed by atoms with van der Waals surface area (Å²) in [4.78, 5) is 19.4. The third-order valence-corrected chi connectivity index (χ3v) is 4.96. The standard InChI is InChI=1S/C16H15N5O2S/c1-10-13(24-20-18-10)16(22)21-8-7-12(9-21)14-17-15(23-19-14)11-5-3-2-4-6-11/h2-6,12H,7-9H2,1H3/t12-/m1/s1. The molecular formula is C16H15N5O2S. The molecule has 7 nitrogen and oxygen atoms in total. The average molecular weight is 341 g/mol. The van der Waals surface area contributed by atoms with E-state index >= 15 is 0 Å². The van der Waals surface area contributed by atoms with Gasteiger partial charge in [-0.1, -0.05) is 27.8 Å². The molecule has 2 aromatic heterocycles. The van der Waals surface area contributed by atoms with E-state index in [2.05, 4.69) is 19.7 Å². The Kier molecular flexibility index (Phi) is 3.81. The molecule has 0 unspecified atom stereocenters. The molecule has 1 aromatic carbocycles. The fourth-order valence-electron chi connectivity index (χ4n) is 2.83. The second-order valence-corrected chi connectivity index (χ2v) is 6.50. The van der Waals surface area contributed by atoms with Crippen LogP contribution in [-0.2, 0) is 0 Å². The van der Waals surface area contributed by atoms with E-state index in [1.165, 1.54) is 0 Å². The van der Waals surface area contributed by atoms with Crippen LogP contribution in [0.25, 0.3) is 11.5 Å². The Labute approximate surface area is 142 Å². The highest BCUT2D eigenvalue weighted by molar-refractivity contribution is 7.07. The van der Waals surface area contributed by atoms with E-state index in [0.717, 1.165) is 23.5 Å². The number of carbonyl (C=O) groups is 1. The topological polar surface area (TPSA) is 85.0 Å². The number of benzene rings is 1. The fourth-order valence-corrected chi connectivity index (χ4v) is 3.45. The number of aryl methyl sites for hydroxylation is 1. The highest BCUT2D eigenvalue weighted by atomic mass is 32.1. The van der Waals surface area contributed by atoms with Crippen molar-refractivity contribution in [2.45, 2.75) is 19.3 Å². The zero-order valence-electron chi connectivity index (χ0n) is 13.0. The quantitative estimate of drug-likeness (QED) is 0.728. The summed E-state index contributed by atoms with van der Waals surface area (Å²) in [7, 11) is 0. The molecule has 0 N–H and O–H groups in total. The Morgan fingerprint density at radius 1 is 1.33 bits per heavy atom. The molecule has 0 spiro atoms. The van der Waals surface area contributed by atoms with Crippen molar-refractivity contribution >= 4 is 17.4 Å². The highest BCUT2D eigenvalue weighted by Gasteiger charge is 2.32. The number of hydrogen-bond acceptors (Lipinski definition) is 7. The Hall–Kier alpha value is -2.61. The lowest BCUT2D eigenvalue weighted by atomic mass is 10.1. The summed E-state index contributed by atoms with van der Waals surface area (Å²) < 4.78 is 9.20. The Morgan fingerprint density at radius 2 is 2.17 bits per heavy atom. The van der Waals surface area contributed by atoms with E-state index < -0.39 is 0 Å². The van der Waals surface area contributed by atoms with Crippen molar-refractivity contribution in [3.8, 4) is 11.5 Å². The van der Waals surface area contributed by atoms with Crippen LogP contribution in [0, 0.1) is 6.92 Å². The van der Waals surface area contributed by atoms with Gasteiger partial charge < -0.3 is 9.42 Å². The Balaban J connectivity index is 1.49. The lowest BCUT2D eigenvalue weighted by molar-refractivity contribution is 0.0794. The maximum atomic E-state index is 12.5. The molecule has 1 atom stereocenters. The lowest BCUT2D eigenvalue weighted by Gasteiger charge is -2.14. The summed E-state index contributed by atoms with van der Waals surface area (Å²) in [6.07, 6.45) is 0.824. The van der Waals surface area contributed by atoms with Gasteiger partial charge in [0.05, 0.1) is 5.69 Å². The van der Waals surface area contributed by atoms with E-state index in [9.17, 15) is 4.79 Å². The van der Waals surface area contributed by atoms with E-state index in [4.69, 9.17) is 4.52 Å². The summed E-state index contributed by atoms with van der Waals surface area (Å²) in [5.74, 6) is 1.24. The molecule has 3 aromatic rings. The molecule has 1 fully saturated rings. The Morgan fingerprint density at radius 3 is 2.92 bits per heavy atom. The maximum absolute atomic E-state index is 12.5. The molecule has 0 saturated carbocycles. The fraction of sp³-hybridized carbons (Fsp3) is 0.312. The summed E-state index contributed by atoms with van der Waals surface area (Å²) >= 11 is 1.14. The van der Waals surface area contributed by atoms with Crippen molar-refractivity contribution < 1.29 is 9.32 Å². The number of rotatable bonds is 3. The highest BCUT2D eigenvalue weighted by Crippen LogP contribution is 2.28. The van der Waals surface area contributed by atoms with Crippen LogP contribution in [0.15, 0.2) is 34.9 Å². The normalized spacial score (nSPS) is 17.4. The van der Waals surface area contributed by atoms with Crippen molar-refractivity contribution in [1.82, 2.24) is 24.6 Å². The number of aromatic nitrogens is 4. The minimum absolute atomic E-state index is 0.0169. The number of nitrogens with zero attached hydrogens (tertiary/aromatic N) is 5. The summed E-state index contributed by atoms with van der Waals surface area (Å²) in [6, 6.07) is 9.67. The summed E-state index contributed by atoms with van der Waals surface area (Å²) in [6.45, 7) is 3.07. The molecule has 1 aliphatic rings. The van der Waals surface area contributed by atoms with Gasteiger partial charge in [-0.2, -0.15) is 4.98 Å². The number of likely N-dealkylation sites (tertiary alicyclic amines) is 1. The molecule has 24 heavy (non-hydrogen) atoms. The summed E-state index contributed by atoms with van der Waals surface area (Å²) in [5, 5.41) is 8.01. The summed E-state index contributed by atoms with van der Waals surface area (Å²) in [5.41, 5.74) is 1.58. The van der Waals surface area contributed by atoms with Crippen LogP contribution in [0.4, 0.5) is 0 Å². The minimum atomic E-state index is -0.0169. The van der Waals surface area contributed by atoms with Gasteiger partial charge >= 0.3 is 0 Å². The van der Waals surface area contributed by atoms with Crippen LogP contribution in [-0.4, -0.2) is 43.6 Å². The molecule has 8 heteroatoms. The molecule has 1 saturated heterocycles. The third kappa shape index (κ3) is 2.69. The van der Waals surface area contributed by atoms with Gasteiger partial charge in [0.25, 0.3) is 11.8 Å². The van der Waals surface area contributed by atoms with Gasteiger partial charge in [0, 0.05) is 24.6 Å². The van der Waals surface area contributed by atoms with E-state index in [0.29, 0.717) is 35.4 Å². The second kappa shape index (κ2) is 6.12. The monoisotopic (exact) mass is 341 g/mol. The molecule has 0 bridgehead atoms. The lowest BCUT2D eigenvalue weighted by Crippen LogP contribution is -2.28. The van der Waals surface area contributed by atoms with Crippen LogP contribution < -0.4 is 0 Å². The van der Waals surface area contributed by atoms with Gasteiger partial charge in [-0.25, -0.2) is 0 Å². The van der Waals surface area contributed by atoms with Crippen LogP contribution >= 0.6 is 11.5 Å². The molecule has 0 aliphatic carbocycles. The third-order valence-electron chi connectivity index (χ3n) is 4.15. The molecule has 122 valence electrons. The van der Waals surface area contributed by atoms with Gasteiger partial charge in [-0.05, 0) is 37.0 Å². The zero-order chi connectivity index (χ0) is 16.5. The number of amides is 1. The van der Waals surface area contributed by atoms with Crippen molar-refractivity contribution in [3.63, 3.8) is 0 Å². The maximum Gasteiger partial charge on any atom is 0.267 e. The molecule has 1 aliphatic heterocycles. The molecule has 1 amide bonds. The van der Waals surface area contributed by atoms with Crippen LogP contribution in [0.1, 0.15) is 33.5 Å². The van der Waals surface area contributed by atoms with Crippen molar-refractivity contribution in [2.75, 3.05) is 13.1 Å². The van der Waals surface area contributed by atoms with E-state index in [1.807, 2.05) is 35.2 Å². The zero-order valence-corrected chi connectivity index (χ0v) is 13.9. The van der Waals surface area contributed by atoms with E-state index in [-0.39, 0.29) is 11.8 Å². The first kappa shape index (κ1) is 14.9. The molecule has 4 rings (SSSR count). The predicted molar refractivity (Wildman–Crippen MR) is 87.6 cm³/mol. The van der Waals surface area contributed by atoms with Crippen molar-refractivity contribution in [2.24, 2.45) is 0 Å². The van der Waals surface area contributed by atoms with Crippen LogP contribution in [0.2, 0.25) is 0 Å². The van der Waals surface area contributed by atoms with Crippen molar-refractivity contribution in [1.29, 1.82) is 0 Å². The molecule has 0 radical (unpaired) electrons. The van der Waals surface area contributed by atoms with Gasteiger partial charge in [0.15, 0.2) is 5.82 Å². The predicted octanol–water partition coefficient (Wildman–Crippen LogP) is 2.53. The number of carbonyl (C=O) groups excluding carboxylic acids is 1. The molecular weight excluding hydrogens is 326 g/mol. The van der Waals surface area contributed by atoms with Gasteiger partial charge in [-0.3, -0.25) is 4.79 Å². The van der Waals surface area contributed by atoms with Crippen LogP contribution in [0.3, 0.4) is 0 Å². The smallest absolute Gasteiger partial charge is 0.267 e. The first-order valence-corrected chi connectivity index (χ1v) is 8.47. The largest absolute Gasteiger partial charge is 0.337 e. The second-order valence-electron chi connectivity index (χ2n) is 5.75. The number of hydrogen-bond donors (Lipinski definition) is 0. The van der Waals surface area contributed by atoms with Gasteiger partial charge in [0.1, 0.15) is 4.88 Å². The Bertz CT molecular complexity index is 860. The average Bonchev–Trinajstić information content (AvgIpc) is 3.35. The van der Waals surface area contributed by atoms with E-state index in [1.54, 1.807) is 6.92 Å². The first-order valence-electron chi connectivity index (χ1n) is 7.69. The van der Waals surface area contributed by atoms with Crippen molar-refractivity contribution in [3.05, 3.63) is 46.7 Å². The molecule has 3 heterocycles. The van der Waals surface area contributed by atoms with Gasteiger partial charge in [-0.15, -0.1) is 5.10 Å². The van der Waals surface area contributed by atoms with Gasteiger partial charge in [0.2, 0.25) is 0 Å².